The summed E-state index contributed by atoms with van der Waals surface area (Å²) in [6.07, 6.45) is -1.33. The Labute approximate surface area is 346 Å². The molecule has 0 saturated carbocycles. The number of aliphatic carboxylic acids is 1. The molecule has 2 aliphatic rings. The van der Waals surface area contributed by atoms with Crippen LogP contribution in [0.25, 0.3) is 0 Å². The normalized spacial score (nSPS) is 16.2. The first kappa shape index (κ1) is 54.5. The van der Waals surface area contributed by atoms with Crippen molar-refractivity contribution >= 4 is 60.0 Å². The Morgan fingerprint density at radius 2 is 1.17 bits per heavy atom. The van der Waals surface area contributed by atoms with Crippen molar-refractivity contribution in [2.75, 3.05) is 27.3 Å². The van der Waals surface area contributed by atoms with Crippen molar-refractivity contribution in [3.05, 3.63) is 71.8 Å². The molecule has 2 heterocycles. The summed E-state index contributed by atoms with van der Waals surface area (Å²) in [6.45, 7) is 7.30. The fourth-order valence-corrected chi connectivity index (χ4v) is 5.14. The Morgan fingerprint density at radius 3 is 1.57 bits per heavy atom. The molecule has 0 radical (unpaired) electrons. The minimum Gasteiger partial charge on any atom is -0.480 e. The lowest BCUT2D eigenvalue weighted by Crippen LogP contribution is -2.54. The second-order valence-corrected chi connectivity index (χ2v) is 13.1. The summed E-state index contributed by atoms with van der Waals surface area (Å²) in [6, 6.07) is 15.3. The zero-order valence-corrected chi connectivity index (χ0v) is 33.0. The number of carbonyl (C=O) groups is 8. The highest BCUT2D eigenvalue weighted by atomic mass is 35.5. The number of hydrogen-bond donors (Lipinski definition) is 4. The summed E-state index contributed by atoms with van der Waals surface area (Å²) >= 11 is 0. The van der Waals surface area contributed by atoms with Crippen molar-refractivity contribution in [1.82, 2.24) is 20.9 Å². The van der Waals surface area contributed by atoms with Gasteiger partial charge in [0.15, 0.2) is 5.78 Å². The molecule has 0 aromatic heterocycles. The van der Waals surface area contributed by atoms with Crippen LogP contribution in [0.1, 0.15) is 66.5 Å². The molecule has 2 fully saturated rings. The first-order valence-electron chi connectivity index (χ1n) is 17.5. The molecule has 2 saturated heterocycles. The topological polar surface area (TPSA) is 233 Å². The van der Waals surface area contributed by atoms with E-state index in [0.717, 1.165) is 11.1 Å². The molecule has 18 heteroatoms. The number of esters is 2. The fourth-order valence-electron chi connectivity index (χ4n) is 5.14. The van der Waals surface area contributed by atoms with Crippen molar-refractivity contribution in [3.63, 3.8) is 0 Å². The maximum absolute atomic E-state index is 12.9. The molecule has 3 amide bonds. The average Bonchev–Trinajstić information content (AvgIpc) is 3.79. The van der Waals surface area contributed by atoms with Crippen LogP contribution in [0.3, 0.4) is 0 Å². The zero-order chi connectivity index (χ0) is 41.1. The quantitative estimate of drug-likeness (QED) is 0.174. The number of rotatable bonds is 12. The highest BCUT2D eigenvalue weighted by molar-refractivity contribution is 5.99. The van der Waals surface area contributed by atoms with Crippen LogP contribution in [0.15, 0.2) is 60.7 Å². The van der Waals surface area contributed by atoms with Gasteiger partial charge < -0.3 is 39.6 Å². The predicted molar refractivity (Wildman–Crippen MR) is 216 cm³/mol. The number of nitrogens with one attached hydrogen (secondary N) is 3. The van der Waals surface area contributed by atoms with E-state index in [1.807, 2.05) is 60.7 Å². The van der Waals surface area contributed by atoms with E-state index in [9.17, 15) is 38.4 Å². The molecule has 4 N–H and O–H groups in total. The van der Waals surface area contributed by atoms with E-state index in [0.29, 0.717) is 0 Å². The van der Waals surface area contributed by atoms with Gasteiger partial charge >= 0.3 is 30.1 Å². The molecule has 324 valence electrons. The predicted octanol–water partition coefficient (Wildman–Crippen LogP) is 4.09. The van der Waals surface area contributed by atoms with Crippen LogP contribution in [-0.4, -0.2) is 109 Å². The maximum Gasteiger partial charge on any atom is 0.407 e. The van der Waals surface area contributed by atoms with Gasteiger partial charge in [0.2, 0.25) is 5.91 Å². The summed E-state index contributed by atoms with van der Waals surface area (Å²) in [4.78, 5) is 93.6. The molecule has 4 rings (SSSR count). The fraction of sp³-hybridized carbons (Fsp3) is 0.500. The van der Waals surface area contributed by atoms with Crippen molar-refractivity contribution in [3.8, 4) is 0 Å². The third kappa shape index (κ3) is 18.6. The van der Waals surface area contributed by atoms with Gasteiger partial charge in [0, 0.05) is 12.8 Å². The number of carboxylic acid groups (broad SMARTS) is 1. The number of hydrogen-bond acceptors (Lipinski definition) is 13. The Balaban J connectivity index is 0. The molecule has 17 nitrogen and oxygen atoms in total. The highest BCUT2D eigenvalue weighted by Crippen LogP contribution is 2.20. The molecular formula is C40H59ClN4O13. The lowest BCUT2D eigenvalue weighted by molar-refractivity contribution is -0.155. The summed E-state index contributed by atoms with van der Waals surface area (Å²) in [5, 5.41) is 16.1. The summed E-state index contributed by atoms with van der Waals surface area (Å²) in [7, 11) is 2.38. The largest absolute Gasteiger partial charge is 0.480 e. The van der Waals surface area contributed by atoms with E-state index in [1.54, 1.807) is 27.7 Å². The second-order valence-electron chi connectivity index (χ2n) is 13.1. The van der Waals surface area contributed by atoms with Crippen molar-refractivity contribution in [2.45, 2.75) is 92.8 Å². The van der Waals surface area contributed by atoms with Gasteiger partial charge in [-0.1, -0.05) is 103 Å². The van der Waals surface area contributed by atoms with E-state index < -0.39 is 54.2 Å². The maximum atomic E-state index is 12.9. The minimum atomic E-state index is -1.06. The van der Waals surface area contributed by atoms with Crippen molar-refractivity contribution < 1.29 is 62.4 Å². The summed E-state index contributed by atoms with van der Waals surface area (Å²) in [5.41, 5.74) is 1.75. The monoisotopic (exact) mass is 838 g/mol. The second kappa shape index (κ2) is 27.9. The molecule has 2 aromatic rings. The third-order valence-electron chi connectivity index (χ3n) is 8.19. The Kier molecular flexibility index (Phi) is 26.3. The summed E-state index contributed by atoms with van der Waals surface area (Å²) in [5.74, 6) is -3.16. The smallest absolute Gasteiger partial charge is 0.407 e. The molecule has 2 aromatic carbocycles. The van der Waals surface area contributed by atoms with Gasteiger partial charge in [-0.15, -0.1) is 12.4 Å². The van der Waals surface area contributed by atoms with Gasteiger partial charge in [0.05, 0.1) is 27.3 Å². The number of carbonyl (C=O) groups excluding carboxylic acids is 7. The Hall–Kier alpha value is -5.55. The number of halogens is 1. The molecular weight excluding hydrogens is 780 g/mol. The molecule has 0 spiro atoms. The molecule has 0 bridgehead atoms. The number of alkyl carbamates (subject to hydrolysis) is 2. The summed E-state index contributed by atoms with van der Waals surface area (Å²) < 4.78 is 19.2. The van der Waals surface area contributed by atoms with Gasteiger partial charge in [-0.2, -0.15) is 0 Å². The van der Waals surface area contributed by atoms with E-state index in [1.165, 1.54) is 19.1 Å². The third-order valence-corrected chi connectivity index (χ3v) is 8.19. The van der Waals surface area contributed by atoms with Crippen LogP contribution in [-0.2, 0) is 60.9 Å². The SMILES string of the molecule is C.C.COC(=O)N[C@H](C(=O)N1CC(=O)C[C@H]1C(=O)OCc1ccccc1)C(C)C.COC(=O)N[C@H](C(=O)O)C(C)C.Cl.O=C1CN[C@H](C(=O)OCc2ccccc2)C1. The van der Waals surface area contributed by atoms with E-state index >= 15 is 0 Å². The number of carboxylic acids is 1. The van der Waals surface area contributed by atoms with Crippen LogP contribution in [0, 0.1) is 11.8 Å². The number of benzene rings is 2. The van der Waals surface area contributed by atoms with Gasteiger partial charge in [0.25, 0.3) is 0 Å². The van der Waals surface area contributed by atoms with Crippen molar-refractivity contribution in [2.24, 2.45) is 11.8 Å². The number of nitrogens with zero attached hydrogens (tertiary/aromatic N) is 1. The van der Waals surface area contributed by atoms with Crippen LogP contribution >= 0.6 is 12.4 Å². The lowest BCUT2D eigenvalue weighted by Gasteiger charge is -2.29. The van der Waals surface area contributed by atoms with Gasteiger partial charge in [0.1, 0.15) is 43.2 Å². The van der Waals surface area contributed by atoms with Crippen LogP contribution < -0.4 is 16.0 Å². The van der Waals surface area contributed by atoms with E-state index in [2.05, 4.69) is 25.4 Å². The van der Waals surface area contributed by atoms with Crippen LogP contribution in [0.5, 0.6) is 0 Å². The number of ketones is 2. The van der Waals surface area contributed by atoms with Crippen LogP contribution in [0.2, 0.25) is 0 Å². The van der Waals surface area contributed by atoms with Crippen LogP contribution in [0.4, 0.5) is 9.59 Å². The number of ether oxygens (including phenoxy) is 4. The molecule has 0 unspecified atom stereocenters. The minimum absolute atomic E-state index is 0. The van der Waals surface area contributed by atoms with Crippen molar-refractivity contribution in [1.29, 1.82) is 0 Å². The first-order valence-corrected chi connectivity index (χ1v) is 17.5. The Morgan fingerprint density at radius 1 is 0.724 bits per heavy atom. The first-order chi connectivity index (χ1) is 26.1. The van der Waals surface area contributed by atoms with Gasteiger partial charge in [-0.05, 0) is 23.0 Å². The standard InChI is InChI=1S/C19H24N2O6.C12H13NO3.C7H13NO4.2CH4.ClH/c1-12(2)16(20-19(25)26-3)17(23)21-10-14(22)9-15(21)18(24)27-11-13-7-5-4-6-8-13;14-10-6-11(13-7-10)12(15)16-8-9-4-2-1-3-5-9;1-4(2)5(6(9)10)8-7(11)12-3;;;/h4-8,12,15-16H,9-11H2,1-3H3,(H,20,25);1-5,11,13H,6-8H2;4-5H,1-3H3,(H,8,11)(H,9,10);2*1H4;1H/t15-,16-;11-;5-;;;/m000.../s1. The highest BCUT2D eigenvalue weighted by Gasteiger charge is 2.43. The molecule has 58 heavy (non-hydrogen) atoms. The average molecular weight is 839 g/mol. The number of likely N-dealkylation sites (tertiary alicyclic amines) is 1. The number of Topliss-reactive ketones (excluding diaryl/α,β-unsaturated/α-hetero) is 2. The van der Waals surface area contributed by atoms with E-state index in [-0.39, 0.29) is 95.8 Å². The zero-order valence-electron chi connectivity index (χ0n) is 32.2. The molecule has 2 aliphatic heterocycles. The van der Waals surface area contributed by atoms with Gasteiger partial charge in [-0.3, -0.25) is 24.5 Å². The number of amides is 3. The Bertz CT molecular complexity index is 1630. The van der Waals surface area contributed by atoms with Gasteiger partial charge in [-0.25, -0.2) is 19.2 Å². The molecule has 0 aliphatic carbocycles. The lowest BCUT2D eigenvalue weighted by atomic mass is 10.0. The number of methoxy groups -OCH3 is 2. The van der Waals surface area contributed by atoms with E-state index in [4.69, 9.17) is 14.6 Å². The molecule has 4 atom stereocenters.